The van der Waals surface area contributed by atoms with E-state index in [0.717, 1.165) is 29.6 Å². The topological polar surface area (TPSA) is 53.1 Å². The largest absolute Gasteiger partial charge is 0.421 e. The number of aryl methyl sites for hydroxylation is 1. The number of aromatic nitrogens is 2. The average molecular weight is 379 g/mol. The molecule has 2 rings (SSSR count). The lowest BCUT2D eigenvalue weighted by Gasteiger charge is -2.20. The van der Waals surface area contributed by atoms with Crippen molar-refractivity contribution in [1.29, 1.82) is 0 Å². The van der Waals surface area contributed by atoms with Crippen molar-refractivity contribution in [2.24, 2.45) is 0 Å². The van der Waals surface area contributed by atoms with Gasteiger partial charge in [-0.05, 0) is 18.6 Å². The smallest absolute Gasteiger partial charge is 0.376 e. The molecule has 1 heterocycles. The van der Waals surface area contributed by atoms with Crippen molar-refractivity contribution < 1.29 is 13.2 Å². The van der Waals surface area contributed by atoms with Gasteiger partial charge in [0.2, 0.25) is 5.95 Å². The van der Waals surface area contributed by atoms with Crippen molar-refractivity contribution in [2.45, 2.75) is 26.4 Å². The predicted molar refractivity (Wildman–Crippen MR) is 104 cm³/mol. The maximum absolute atomic E-state index is 12.9. The summed E-state index contributed by atoms with van der Waals surface area (Å²) < 4.78 is 38.6. The third-order valence-corrected chi connectivity index (χ3v) is 3.47. The molecule has 0 unspecified atom stereocenters. The van der Waals surface area contributed by atoms with Gasteiger partial charge in [0.25, 0.3) is 0 Å². The van der Waals surface area contributed by atoms with Crippen LogP contribution in [0, 0.1) is 19.3 Å². The average Bonchev–Trinajstić information content (AvgIpc) is 2.60. The summed E-state index contributed by atoms with van der Waals surface area (Å²) in [5.74, 6) is 2.25. The summed E-state index contributed by atoms with van der Waals surface area (Å²) in [5.41, 5.74) is 1.77. The fourth-order valence-electron chi connectivity index (χ4n) is 2.31. The molecule has 8 heteroatoms. The number of anilines is 4. The van der Waals surface area contributed by atoms with Crippen LogP contribution in [-0.2, 0) is 6.18 Å². The molecule has 1 aromatic heterocycles. The number of hydrogen-bond acceptors (Lipinski definition) is 5. The molecule has 5 nitrogen and oxygen atoms in total. The first kappa shape index (κ1) is 22.1. The molecule has 0 saturated carbocycles. The normalized spacial score (nSPS) is 10.3. The van der Waals surface area contributed by atoms with Crippen LogP contribution >= 0.6 is 0 Å². The number of halogens is 3. The molecule has 0 bridgehead atoms. The Labute approximate surface area is 158 Å². The summed E-state index contributed by atoms with van der Waals surface area (Å²) in [6.07, 6.45) is 1.89. The lowest BCUT2D eigenvalue weighted by atomic mass is 10.1. The third-order valence-electron chi connectivity index (χ3n) is 3.47. The van der Waals surface area contributed by atoms with Crippen molar-refractivity contribution >= 4 is 23.1 Å². The summed E-state index contributed by atoms with van der Waals surface area (Å²) in [7, 11) is 5.17. The van der Waals surface area contributed by atoms with Crippen molar-refractivity contribution in [1.82, 2.24) is 9.97 Å². The molecule has 2 N–H and O–H groups in total. The van der Waals surface area contributed by atoms with Crippen molar-refractivity contribution in [3.63, 3.8) is 0 Å². The minimum atomic E-state index is -4.50. The second-order valence-corrected chi connectivity index (χ2v) is 5.75. The zero-order valence-corrected chi connectivity index (χ0v) is 16.1. The molecule has 0 saturated heterocycles. The summed E-state index contributed by atoms with van der Waals surface area (Å²) >= 11 is 0. The van der Waals surface area contributed by atoms with E-state index in [9.17, 15) is 13.2 Å². The SMILES string of the molecule is C#CCC.CNc1nc(Nc2cccc(C)c2N(C)C)ncc1C(F)(F)F. The fraction of sp³-hybridized carbons (Fsp3) is 0.368. The van der Waals surface area contributed by atoms with Gasteiger partial charge < -0.3 is 15.5 Å². The van der Waals surface area contributed by atoms with E-state index in [1.54, 1.807) is 0 Å². The van der Waals surface area contributed by atoms with E-state index >= 15 is 0 Å². The monoisotopic (exact) mass is 379 g/mol. The molecule has 0 aliphatic rings. The van der Waals surface area contributed by atoms with Crippen LogP contribution in [0.25, 0.3) is 0 Å². The van der Waals surface area contributed by atoms with E-state index in [4.69, 9.17) is 6.42 Å². The molecular formula is C19H24F3N5. The molecule has 0 aliphatic carbocycles. The van der Waals surface area contributed by atoms with Crippen LogP contribution in [0.4, 0.5) is 36.3 Å². The molecule has 146 valence electrons. The lowest BCUT2D eigenvalue weighted by Crippen LogP contribution is -2.14. The zero-order valence-electron chi connectivity index (χ0n) is 16.1. The maximum atomic E-state index is 12.9. The highest BCUT2D eigenvalue weighted by Gasteiger charge is 2.35. The minimum absolute atomic E-state index is 0.0936. The van der Waals surface area contributed by atoms with Gasteiger partial charge in [-0.1, -0.05) is 19.1 Å². The maximum Gasteiger partial charge on any atom is 0.421 e. The van der Waals surface area contributed by atoms with Crippen LogP contribution in [0.5, 0.6) is 0 Å². The van der Waals surface area contributed by atoms with E-state index < -0.39 is 11.7 Å². The molecule has 27 heavy (non-hydrogen) atoms. The Hall–Kier alpha value is -2.95. The first-order valence-electron chi connectivity index (χ1n) is 8.25. The number of hydrogen-bond donors (Lipinski definition) is 2. The third kappa shape index (κ3) is 6.06. The van der Waals surface area contributed by atoms with Crippen LogP contribution in [0.1, 0.15) is 24.5 Å². The highest BCUT2D eigenvalue weighted by atomic mass is 19.4. The van der Waals surface area contributed by atoms with Gasteiger partial charge >= 0.3 is 6.18 Å². The number of nitrogens with one attached hydrogen (secondary N) is 2. The van der Waals surface area contributed by atoms with Gasteiger partial charge in [-0.2, -0.15) is 18.2 Å². The Kier molecular flexibility index (Phi) is 7.91. The van der Waals surface area contributed by atoms with E-state index in [2.05, 4.69) is 26.5 Å². The quantitative estimate of drug-likeness (QED) is 0.755. The number of para-hydroxylation sites is 1. The van der Waals surface area contributed by atoms with Gasteiger partial charge in [-0.15, -0.1) is 12.3 Å². The summed E-state index contributed by atoms with van der Waals surface area (Å²) in [4.78, 5) is 9.61. The second kappa shape index (κ2) is 9.67. The Bertz CT molecular complexity index is 795. The molecule has 0 fully saturated rings. The molecular weight excluding hydrogens is 355 g/mol. The highest BCUT2D eigenvalue weighted by molar-refractivity contribution is 5.76. The fourth-order valence-corrected chi connectivity index (χ4v) is 2.31. The van der Waals surface area contributed by atoms with Crippen LogP contribution in [0.3, 0.4) is 0 Å². The van der Waals surface area contributed by atoms with Gasteiger partial charge in [-0.25, -0.2) is 4.98 Å². The van der Waals surface area contributed by atoms with Crippen LogP contribution in [0.15, 0.2) is 24.4 Å². The number of benzene rings is 1. The minimum Gasteiger partial charge on any atom is -0.376 e. The molecule has 2 aromatic rings. The van der Waals surface area contributed by atoms with Crippen molar-refractivity contribution in [3.05, 3.63) is 35.5 Å². The second-order valence-electron chi connectivity index (χ2n) is 5.75. The first-order valence-corrected chi connectivity index (χ1v) is 8.25. The van der Waals surface area contributed by atoms with Gasteiger partial charge in [0.05, 0.1) is 11.4 Å². The Morgan fingerprint density at radius 3 is 2.37 bits per heavy atom. The summed E-state index contributed by atoms with van der Waals surface area (Å²) in [6.45, 7) is 3.90. The van der Waals surface area contributed by atoms with Crippen molar-refractivity contribution in [2.75, 3.05) is 36.7 Å². The van der Waals surface area contributed by atoms with Crippen molar-refractivity contribution in [3.8, 4) is 12.3 Å². The predicted octanol–water partition coefficient (Wildman–Crippen LogP) is 4.68. The van der Waals surface area contributed by atoms with Crippen LogP contribution in [0.2, 0.25) is 0 Å². The standard InChI is InChI=1S/C15H18F3N5.C4H6/c1-9-6-5-7-11(12(9)23(3)4)21-14-20-8-10(15(16,17)18)13(19-2)22-14;1-3-4-2/h5-8H,1-4H3,(H2,19,20,21,22);1H,4H2,2H3. The molecule has 0 spiro atoms. The van der Waals surface area contributed by atoms with Gasteiger partial charge in [-0.3, -0.25) is 0 Å². The molecule has 0 amide bonds. The summed E-state index contributed by atoms with van der Waals surface area (Å²) in [5, 5.41) is 5.43. The highest BCUT2D eigenvalue weighted by Crippen LogP contribution is 2.35. The van der Waals surface area contributed by atoms with E-state index in [1.807, 2.05) is 51.0 Å². The molecule has 0 aliphatic heterocycles. The van der Waals surface area contributed by atoms with E-state index in [0.29, 0.717) is 0 Å². The number of rotatable bonds is 4. The zero-order chi connectivity index (χ0) is 20.6. The molecule has 0 atom stereocenters. The lowest BCUT2D eigenvalue weighted by molar-refractivity contribution is -0.137. The summed E-state index contributed by atoms with van der Waals surface area (Å²) in [6, 6.07) is 5.63. The first-order chi connectivity index (χ1) is 12.6. The number of terminal acetylenes is 1. The van der Waals surface area contributed by atoms with Crippen LogP contribution < -0.4 is 15.5 Å². The van der Waals surface area contributed by atoms with Gasteiger partial charge in [0, 0.05) is 33.8 Å². The van der Waals surface area contributed by atoms with Gasteiger partial charge in [0.15, 0.2) is 0 Å². The number of alkyl halides is 3. The molecule has 1 aromatic carbocycles. The van der Waals surface area contributed by atoms with Gasteiger partial charge in [0.1, 0.15) is 11.4 Å². The Morgan fingerprint density at radius 1 is 1.26 bits per heavy atom. The Morgan fingerprint density at radius 2 is 1.89 bits per heavy atom. The van der Waals surface area contributed by atoms with Crippen LogP contribution in [-0.4, -0.2) is 31.1 Å². The Balaban J connectivity index is 0.000000828. The van der Waals surface area contributed by atoms with E-state index in [-0.39, 0.29) is 11.8 Å². The molecule has 0 radical (unpaired) electrons. The van der Waals surface area contributed by atoms with E-state index in [1.165, 1.54) is 7.05 Å². The number of nitrogens with zero attached hydrogens (tertiary/aromatic N) is 3.